The van der Waals surface area contributed by atoms with Gasteiger partial charge in [0.2, 0.25) is 0 Å². The van der Waals surface area contributed by atoms with E-state index < -0.39 is 0 Å². The Morgan fingerprint density at radius 1 is 1.10 bits per heavy atom. The van der Waals surface area contributed by atoms with Gasteiger partial charge in [-0.1, -0.05) is 55.0 Å². The number of hydrogen-bond acceptors (Lipinski definition) is 2. The third kappa shape index (κ3) is 2.97. The van der Waals surface area contributed by atoms with Gasteiger partial charge in [-0.05, 0) is 37.4 Å². The zero-order valence-corrected chi connectivity index (χ0v) is 12.3. The second-order valence-electron chi connectivity index (χ2n) is 5.41. The highest BCUT2D eigenvalue weighted by Crippen LogP contribution is 2.19. The number of benzene rings is 2. The van der Waals surface area contributed by atoms with E-state index in [0.29, 0.717) is 12.5 Å². The van der Waals surface area contributed by atoms with Crippen LogP contribution in [0.15, 0.2) is 42.5 Å². The average Bonchev–Trinajstić information content (AvgIpc) is 2.46. The molecule has 0 fully saturated rings. The predicted octanol–water partition coefficient (Wildman–Crippen LogP) is 3.60. The molecule has 20 heavy (non-hydrogen) atoms. The first-order valence-corrected chi connectivity index (χ1v) is 6.95. The summed E-state index contributed by atoms with van der Waals surface area (Å²) in [7, 11) is 0. The van der Waals surface area contributed by atoms with Gasteiger partial charge in [0.15, 0.2) is 5.78 Å². The summed E-state index contributed by atoms with van der Waals surface area (Å²) in [5.74, 6) is 0.398. The first-order valence-electron chi connectivity index (χ1n) is 6.95. The molecule has 0 aliphatic rings. The van der Waals surface area contributed by atoms with Gasteiger partial charge in [-0.2, -0.15) is 0 Å². The van der Waals surface area contributed by atoms with E-state index in [1.165, 1.54) is 11.1 Å². The maximum Gasteiger partial charge on any atom is 0.193 e. The van der Waals surface area contributed by atoms with Crippen LogP contribution < -0.4 is 5.73 Å². The number of nitrogens with two attached hydrogens (primary N) is 1. The maximum atomic E-state index is 12.5. The van der Waals surface area contributed by atoms with Crippen molar-refractivity contribution >= 4 is 5.78 Å². The molecular formula is C18H21NO. The zero-order valence-electron chi connectivity index (χ0n) is 12.3. The van der Waals surface area contributed by atoms with Gasteiger partial charge >= 0.3 is 0 Å². The van der Waals surface area contributed by atoms with Crippen LogP contribution in [0.2, 0.25) is 0 Å². The van der Waals surface area contributed by atoms with E-state index in [-0.39, 0.29) is 5.78 Å². The van der Waals surface area contributed by atoms with Gasteiger partial charge in [0.05, 0.1) is 0 Å². The van der Waals surface area contributed by atoms with Gasteiger partial charge in [-0.15, -0.1) is 0 Å². The van der Waals surface area contributed by atoms with Crippen molar-refractivity contribution in [3.63, 3.8) is 0 Å². The smallest absolute Gasteiger partial charge is 0.193 e. The minimum absolute atomic E-state index is 0.0782. The lowest BCUT2D eigenvalue weighted by Gasteiger charge is -2.10. The third-order valence-electron chi connectivity index (χ3n) is 3.72. The molecule has 0 amide bonds. The number of ketones is 1. The highest BCUT2D eigenvalue weighted by atomic mass is 16.1. The number of carbonyl (C=O) groups is 1. The molecule has 2 rings (SSSR count). The summed E-state index contributed by atoms with van der Waals surface area (Å²) < 4.78 is 0. The lowest BCUT2D eigenvalue weighted by Crippen LogP contribution is -2.09. The molecule has 0 heterocycles. The number of rotatable bonds is 4. The number of carbonyl (C=O) groups excluding carboxylic acids is 1. The van der Waals surface area contributed by atoms with Crippen molar-refractivity contribution in [2.45, 2.75) is 26.7 Å². The second-order valence-corrected chi connectivity index (χ2v) is 5.41. The van der Waals surface area contributed by atoms with E-state index in [0.717, 1.165) is 16.7 Å². The number of aryl methyl sites for hydroxylation is 2. The van der Waals surface area contributed by atoms with Gasteiger partial charge in [0.25, 0.3) is 0 Å². The van der Waals surface area contributed by atoms with Crippen LogP contribution in [0.3, 0.4) is 0 Å². The molecule has 1 atom stereocenters. The van der Waals surface area contributed by atoms with E-state index in [1.54, 1.807) is 0 Å². The quantitative estimate of drug-likeness (QED) is 0.860. The van der Waals surface area contributed by atoms with Crippen LogP contribution in [-0.4, -0.2) is 12.3 Å². The van der Waals surface area contributed by atoms with Crippen molar-refractivity contribution in [3.05, 3.63) is 70.3 Å². The molecule has 2 aromatic carbocycles. The highest BCUT2D eigenvalue weighted by molar-refractivity contribution is 6.09. The summed E-state index contributed by atoms with van der Waals surface area (Å²) in [6, 6.07) is 13.7. The van der Waals surface area contributed by atoms with E-state index in [1.807, 2.05) is 56.3 Å². The lowest BCUT2D eigenvalue weighted by molar-refractivity contribution is 0.103. The highest BCUT2D eigenvalue weighted by Gasteiger charge is 2.12. The fraction of sp³-hybridized carbons (Fsp3) is 0.278. The molecule has 0 radical (unpaired) electrons. The Bertz CT molecular complexity index is 614. The number of hydrogen-bond donors (Lipinski definition) is 1. The van der Waals surface area contributed by atoms with Gasteiger partial charge in [0, 0.05) is 11.1 Å². The van der Waals surface area contributed by atoms with Gasteiger partial charge in [-0.3, -0.25) is 4.79 Å². The molecule has 2 N–H and O–H groups in total. The van der Waals surface area contributed by atoms with E-state index in [9.17, 15) is 4.79 Å². The van der Waals surface area contributed by atoms with E-state index in [4.69, 9.17) is 5.73 Å². The van der Waals surface area contributed by atoms with Crippen LogP contribution >= 0.6 is 0 Å². The Morgan fingerprint density at radius 2 is 1.75 bits per heavy atom. The topological polar surface area (TPSA) is 43.1 Å². The maximum absolute atomic E-state index is 12.5. The molecule has 0 aromatic heterocycles. The Balaban J connectivity index is 2.29. The van der Waals surface area contributed by atoms with Crippen molar-refractivity contribution in [1.29, 1.82) is 0 Å². The van der Waals surface area contributed by atoms with Crippen LogP contribution in [0, 0.1) is 13.8 Å². The van der Waals surface area contributed by atoms with Crippen molar-refractivity contribution in [2.24, 2.45) is 5.73 Å². The summed E-state index contributed by atoms with van der Waals surface area (Å²) in [5, 5.41) is 0. The molecule has 0 aliphatic carbocycles. The van der Waals surface area contributed by atoms with E-state index in [2.05, 4.69) is 6.92 Å². The lowest BCUT2D eigenvalue weighted by atomic mass is 9.95. The molecule has 0 saturated heterocycles. The van der Waals surface area contributed by atoms with Gasteiger partial charge in [-0.25, -0.2) is 0 Å². The molecule has 0 saturated carbocycles. The van der Waals surface area contributed by atoms with Crippen LogP contribution in [0.5, 0.6) is 0 Å². The zero-order chi connectivity index (χ0) is 14.7. The first kappa shape index (κ1) is 14.5. The normalized spacial score (nSPS) is 12.2. The monoisotopic (exact) mass is 267 g/mol. The summed E-state index contributed by atoms with van der Waals surface area (Å²) >= 11 is 0. The Morgan fingerprint density at radius 3 is 2.30 bits per heavy atom. The molecule has 0 spiro atoms. The van der Waals surface area contributed by atoms with Crippen LogP contribution in [0.1, 0.15) is 45.5 Å². The molecule has 104 valence electrons. The third-order valence-corrected chi connectivity index (χ3v) is 3.72. The van der Waals surface area contributed by atoms with Crippen LogP contribution in [-0.2, 0) is 0 Å². The van der Waals surface area contributed by atoms with Crippen LogP contribution in [0.4, 0.5) is 0 Å². The van der Waals surface area contributed by atoms with Gasteiger partial charge in [0.1, 0.15) is 0 Å². The minimum atomic E-state index is 0.0782. The van der Waals surface area contributed by atoms with Gasteiger partial charge < -0.3 is 5.73 Å². The summed E-state index contributed by atoms with van der Waals surface area (Å²) in [5.41, 5.74) is 10.5. The average molecular weight is 267 g/mol. The molecular weight excluding hydrogens is 246 g/mol. The Labute approximate surface area is 120 Å². The standard InChI is InChI=1S/C18H21NO/c1-12-4-9-17(13(2)10-12)18(20)16-7-5-15(6-8-16)14(3)11-19/h4-10,14H,11,19H2,1-3H3. The van der Waals surface area contributed by atoms with Crippen molar-refractivity contribution in [3.8, 4) is 0 Å². The second kappa shape index (κ2) is 6.02. The molecule has 0 aliphatic heterocycles. The SMILES string of the molecule is Cc1ccc(C(=O)c2ccc(C(C)CN)cc2)c(C)c1. The van der Waals surface area contributed by atoms with Crippen molar-refractivity contribution < 1.29 is 4.79 Å². The van der Waals surface area contributed by atoms with Crippen molar-refractivity contribution in [1.82, 2.24) is 0 Å². The molecule has 0 bridgehead atoms. The Hall–Kier alpha value is -1.93. The van der Waals surface area contributed by atoms with E-state index >= 15 is 0 Å². The molecule has 1 unspecified atom stereocenters. The molecule has 2 aromatic rings. The largest absolute Gasteiger partial charge is 0.330 e. The first-order chi connectivity index (χ1) is 9.52. The summed E-state index contributed by atoms with van der Waals surface area (Å²) in [4.78, 5) is 12.5. The van der Waals surface area contributed by atoms with Crippen molar-refractivity contribution in [2.75, 3.05) is 6.54 Å². The Kier molecular flexibility index (Phi) is 4.35. The summed E-state index contributed by atoms with van der Waals surface area (Å²) in [6.07, 6.45) is 0. The predicted molar refractivity (Wildman–Crippen MR) is 83.3 cm³/mol. The molecule has 2 nitrogen and oxygen atoms in total. The summed E-state index contributed by atoms with van der Waals surface area (Å²) in [6.45, 7) is 6.71. The fourth-order valence-electron chi connectivity index (χ4n) is 2.32. The molecule has 2 heteroatoms. The fourth-order valence-corrected chi connectivity index (χ4v) is 2.32. The van der Waals surface area contributed by atoms with Crippen LogP contribution in [0.25, 0.3) is 0 Å². The minimum Gasteiger partial charge on any atom is -0.330 e.